The van der Waals surface area contributed by atoms with Crippen LogP contribution in [0.25, 0.3) is 0 Å². The van der Waals surface area contributed by atoms with Gasteiger partial charge in [0.25, 0.3) is 0 Å². The van der Waals surface area contributed by atoms with Gasteiger partial charge in [-0.1, -0.05) is 0 Å². The van der Waals surface area contributed by atoms with E-state index < -0.39 is 24.1 Å². The Hall–Kier alpha value is -2.06. The summed E-state index contributed by atoms with van der Waals surface area (Å²) in [6, 6.07) is -1.54. The largest absolute Gasteiger partial charge is 0.480 e. The van der Waals surface area contributed by atoms with E-state index in [1.165, 1.54) is 6.20 Å². The van der Waals surface area contributed by atoms with Gasteiger partial charge in [-0.05, 0) is 12.8 Å². The molecule has 1 amide bonds. The standard InChI is InChI=1S/C9H8F3N3O3/c10-9(11,12)8(18)15-5(7(16)17)2-1-4-3-13-14-6(4)15/h3,5H,1-2H2,(H,13,14)(H,16,17). The number of aromatic amines is 1. The molecule has 0 spiro atoms. The third-order valence-electron chi connectivity index (χ3n) is 2.68. The SMILES string of the molecule is O=C(O)C1CCc2cn[nH]c2N1C(=O)C(F)(F)F. The highest BCUT2D eigenvalue weighted by molar-refractivity contribution is 6.02. The number of amides is 1. The molecule has 0 aliphatic carbocycles. The molecule has 1 aliphatic rings. The smallest absolute Gasteiger partial charge is 0.471 e. The van der Waals surface area contributed by atoms with Crippen molar-refractivity contribution in [1.29, 1.82) is 0 Å². The molecule has 2 N–H and O–H groups in total. The van der Waals surface area contributed by atoms with Crippen LogP contribution in [0.15, 0.2) is 6.20 Å². The van der Waals surface area contributed by atoms with E-state index >= 15 is 0 Å². The number of alkyl halides is 3. The molecule has 0 saturated heterocycles. The maximum atomic E-state index is 12.5. The number of fused-ring (bicyclic) bond motifs is 1. The van der Waals surface area contributed by atoms with Crippen molar-refractivity contribution in [3.8, 4) is 0 Å². The maximum absolute atomic E-state index is 12.5. The van der Waals surface area contributed by atoms with E-state index in [4.69, 9.17) is 5.11 Å². The monoisotopic (exact) mass is 263 g/mol. The third kappa shape index (κ3) is 1.91. The number of hydrogen-bond donors (Lipinski definition) is 2. The molecule has 0 bridgehead atoms. The lowest BCUT2D eigenvalue weighted by Crippen LogP contribution is -2.53. The lowest BCUT2D eigenvalue weighted by atomic mass is 10.00. The zero-order chi connectivity index (χ0) is 13.5. The van der Waals surface area contributed by atoms with Crippen molar-refractivity contribution in [1.82, 2.24) is 10.2 Å². The van der Waals surface area contributed by atoms with Crippen LogP contribution in [-0.4, -0.2) is 39.4 Å². The molecule has 98 valence electrons. The zero-order valence-corrected chi connectivity index (χ0v) is 8.86. The number of aromatic nitrogens is 2. The first-order valence-corrected chi connectivity index (χ1v) is 4.98. The van der Waals surface area contributed by atoms with Crippen molar-refractivity contribution in [2.45, 2.75) is 25.1 Å². The fourth-order valence-corrected chi connectivity index (χ4v) is 1.89. The number of hydrogen-bond acceptors (Lipinski definition) is 3. The fourth-order valence-electron chi connectivity index (χ4n) is 1.89. The highest BCUT2D eigenvalue weighted by atomic mass is 19.4. The maximum Gasteiger partial charge on any atom is 0.471 e. The van der Waals surface area contributed by atoms with Crippen LogP contribution >= 0.6 is 0 Å². The molecule has 1 aromatic heterocycles. The number of aryl methyl sites for hydroxylation is 1. The Morgan fingerprint density at radius 2 is 2.17 bits per heavy atom. The first-order chi connectivity index (χ1) is 8.32. The van der Waals surface area contributed by atoms with E-state index in [0.29, 0.717) is 5.56 Å². The topological polar surface area (TPSA) is 86.3 Å². The Bertz CT molecular complexity index is 497. The number of carbonyl (C=O) groups is 2. The quantitative estimate of drug-likeness (QED) is 0.781. The Labute approximate surface area is 98.4 Å². The number of aliphatic carboxylic acids is 1. The summed E-state index contributed by atoms with van der Waals surface area (Å²) >= 11 is 0. The van der Waals surface area contributed by atoms with Gasteiger partial charge in [-0.2, -0.15) is 18.3 Å². The molecule has 18 heavy (non-hydrogen) atoms. The van der Waals surface area contributed by atoms with Gasteiger partial charge in [-0.25, -0.2) is 4.79 Å². The predicted molar refractivity (Wildman–Crippen MR) is 51.9 cm³/mol. The molecule has 2 rings (SSSR count). The Kier molecular flexibility index (Phi) is 2.76. The van der Waals surface area contributed by atoms with E-state index in [9.17, 15) is 22.8 Å². The summed E-state index contributed by atoms with van der Waals surface area (Å²) in [5.41, 5.74) is 0.394. The molecule has 0 radical (unpaired) electrons. The molecule has 0 aromatic carbocycles. The minimum atomic E-state index is -5.13. The van der Waals surface area contributed by atoms with Gasteiger partial charge in [-0.15, -0.1) is 0 Å². The summed E-state index contributed by atoms with van der Waals surface area (Å²) in [6.45, 7) is 0. The van der Waals surface area contributed by atoms with Gasteiger partial charge in [0.1, 0.15) is 11.9 Å². The first kappa shape index (κ1) is 12.4. The second-order valence-electron chi connectivity index (χ2n) is 3.81. The lowest BCUT2D eigenvalue weighted by Gasteiger charge is -2.32. The molecule has 0 fully saturated rings. The van der Waals surface area contributed by atoms with Crippen LogP contribution in [0.1, 0.15) is 12.0 Å². The average Bonchev–Trinajstić information content (AvgIpc) is 2.72. The summed E-state index contributed by atoms with van der Waals surface area (Å²) in [4.78, 5) is 22.4. The van der Waals surface area contributed by atoms with Crippen LogP contribution < -0.4 is 4.90 Å². The zero-order valence-electron chi connectivity index (χ0n) is 8.86. The van der Waals surface area contributed by atoms with E-state index in [-0.39, 0.29) is 23.6 Å². The number of H-pyrrole nitrogens is 1. The first-order valence-electron chi connectivity index (χ1n) is 4.98. The van der Waals surface area contributed by atoms with Crippen LogP contribution in [0.4, 0.5) is 19.0 Å². The highest BCUT2D eigenvalue weighted by Crippen LogP contribution is 2.32. The average molecular weight is 263 g/mol. The summed E-state index contributed by atoms with van der Waals surface area (Å²) in [5.74, 6) is -3.89. The van der Waals surface area contributed by atoms with Crippen molar-refractivity contribution < 1.29 is 27.9 Å². The van der Waals surface area contributed by atoms with Gasteiger partial charge in [0.15, 0.2) is 0 Å². The van der Waals surface area contributed by atoms with Crippen molar-refractivity contribution >= 4 is 17.7 Å². The van der Waals surface area contributed by atoms with Crippen LogP contribution in [0, 0.1) is 0 Å². The van der Waals surface area contributed by atoms with Crippen LogP contribution in [-0.2, 0) is 16.0 Å². The third-order valence-corrected chi connectivity index (χ3v) is 2.68. The van der Waals surface area contributed by atoms with Gasteiger partial charge in [-0.3, -0.25) is 14.8 Å². The number of carboxylic acids is 1. The molecule has 1 atom stereocenters. The number of anilines is 1. The van der Waals surface area contributed by atoms with E-state index in [0.717, 1.165) is 0 Å². The summed E-state index contributed by atoms with van der Waals surface area (Å²) in [6.07, 6.45) is -3.67. The molecular formula is C9H8F3N3O3. The molecule has 2 heterocycles. The lowest BCUT2D eigenvalue weighted by molar-refractivity contribution is -0.172. The summed E-state index contributed by atoms with van der Waals surface area (Å²) in [5, 5.41) is 14.7. The normalized spacial score (nSPS) is 19.5. The molecule has 9 heteroatoms. The van der Waals surface area contributed by atoms with Crippen molar-refractivity contribution in [2.24, 2.45) is 0 Å². The molecule has 6 nitrogen and oxygen atoms in total. The van der Waals surface area contributed by atoms with Gasteiger partial charge < -0.3 is 5.11 Å². The number of carboxylic acid groups (broad SMARTS) is 1. The predicted octanol–water partition coefficient (Wildman–Crippen LogP) is 0.704. The van der Waals surface area contributed by atoms with Crippen molar-refractivity contribution in [3.05, 3.63) is 11.8 Å². The molecule has 1 aromatic rings. The van der Waals surface area contributed by atoms with Crippen molar-refractivity contribution in [3.63, 3.8) is 0 Å². The van der Waals surface area contributed by atoms with Crippen LogP contribution in [0.3, 0.4) is 0 Å². The highest BCUT2D eigenvalue weighted by Gasteiger charge is 2.49. The number of nitrogens with one attached hydrogen (secondary N) is 1. The van der Waals surface area contributed by atoms with Gasteiger partial charge >= 0.3 is 18.1 Å². The van der Waals surface area contributed by atoms with E-state index in [2.05, 4.69) is 10.2 Å². The number of halogens is 3. The molecule has 0 saturated carbocycles. The Morgan fingerprint density at radius 3 is 2.72 bits per heavy atom. The Morgan fingerprint density at radius 1 is 1.50 bits per heavy atom. The van der Waals surface area contributed by atoms with Crippen LogP contribution in [0.2, 0.25) is 0 Å². The van der Waals surface area contributed by atoms with Gasteiger partial charge in [0, 0.05) is 5.56 Å². The molecule has 1 aliphatic heterocycles. The molecular weight excluding hydrogens is 255 g/mol. The summed E-state index contributed by atoms with van der Waals surface area (Å²) < 4.78 is 37.4. The number of carbonyl (C=O) groups excluding carboxylic acids is 1. The van der Waals surface area contributed by atoms with Gasteiger partial charge in [0.05, 0.1) is 6.20 Å². The number of rotatable bonds is 1. The van der Waals surface area contributed by atoms with E-state index in [1.807, 2.05) is 0 Å². The fraction of sp³-hybridized carbons (Fsp3) is 0.444. The second kappa shape index (κ2) is 4.00. The van der Waals surface area contributed by atoms with E-state index in [1.54, 1.807) is 0 Å². The second-order valence-corrected chi connectivity index (χ2v) is 3.81. The minimum absolute atomic E-state index is 0.0797. The van der Waals surface area contributed by atoms with Crippen molar-refractivity contribution in [2.75, 3.05) is 4.90 Å². The number of nitrogens with zero attached hydrogens (tertiary/aromatic N) is 2. The summed E-state index contributed by atoms with van der Waals surface area (Å²) in [7, 11) is 0. The minimum Gasteiger partial charge on any atom is -0.480 e. The van der Waals surface area contributed by atoms with Gasteiger partial charge in [0.2, 0.25) is 0 Å². The Balaban J connectivity index is 2.45. The molecule has 1 unspecified atom stereocenters. The van der Waals surface area contributed by atoms with Crippen LogP contribution in [0.5, 0.6) is 0 Å².